The van der Waals surface area contributed by atoms with E-state index < -0.39 is 0 Å². The Morgan fingerprint density at radius 1 is 1.07 bits per heavy atom. The fourth-order valence-electron chi connectivity index (χ4n) is 4.29. The van der Waals surface area contributed by atoms with E-state index in [0.29, 0.717) is 22.9 Å². The summed E-state index contributed by atoms with van der Waals surface area (Å²) in [6, 6.07) is 8.92. The summed E-state index contributed by atoms with van der Waals surface area (Å²) in [6.07, 6.45) is 7.94. The first-order chi connectivity index (χ1) is 14.2. The Bertz CT molecular complexity index is 987. The molecule has 0 saturated carbocycles. The number of fused-ring (bicyclic) bond motifs is 1. The monoisotopic (exact) mass is 425 g/mol. The van der Waals surface area contributed by atoms with Gasteiger partial charge in [0.05, 0.1) is 21.1 Å². The minimum absolute atomic E-state index is 0.317. The predicted octanol–water partition coefficient (Wildman–Crippen LogP) is 4.64. The molecular weight excluding hydrogens is 402 g/mol. The molecule has 1 N–H and O–H groups in total. The van der Waals surface area contributed by atoms with Crippen molar-refractivity contribution in [3.63, 3.8) is 0 Å². The average molecular weight is 426 g/mol. The summed E-state index contributed by atoms with van der Waals surface area (Å²) in [4.78, 5) is 17.3. The third-order valence-electron chi connectivity index (χ3n) is 5.95. The maximum atomic E-state index is 6.45. The van der Waals surface area contributed by atoms with Crippen LogP contribution >= 0.6 is 22.9 Å². The van der Waals surface area contributed by atoms with E-state index in [1.807, 2.05) is 6.20 Å². The zero-order chi connectivity index (χ0) is 19.8. The number of nitrogens with one attached hydrogen (secondary N) is 1. The van der Waals surface area contributed by atoms with Gasteiger partial charge in [-0.05, 0) is 56.9 Å². The molecule has 5 nitrogen and oxygen atoms in total. The zero-order valence-electron chi connectivity index (χ0n) is 16.4. The number of anilines is 1. The minimum atomic E-state index is 0.317. The molecule has 150 valence electrons. The summed E-state index contributed by atoms with van der Waals surface area (Å²) in [5, 5.41) is 5.27. The van der Waals surface area contributed by atoms with Gasteiger partial charge in [-0.25, -0.2) is 15.0 Å². The molecule has 7 heteroatoms. The average Bonchev–Trinajstić information content (AvgIpc) is 3.37. The number of halogens is 1. The van der Waals surface area contributed by atoms with Crippen molar-refractivity contribution >= 4 is 28.9 Å². The number of nitrogens with zero attached hydrogens (tertiary/aromatic N) is 4. The largest absolute Gasteiger partial charge is 0.351 e. The lowest BCUT2D eigenvalue weighted by Gasteiger charge is -2.27. The standard InChI is InChI=1S/C22H24ClN5S/c1-28-8-6-14(7-9-28)21-24-13-19(29-21)20-18(23)12-25-22(27-20)26-17-10-15-4-2-3-5-16(15)11-17/h2-5,12-14,17H,6-11H2,1H3,(H,25,26,27). The van der Waals surface area contributed by atoms with Crippen LogP contribution in [0.1, 0.15) is 34.9 Å². The number of rotatable bonds is 4. The summed E-state index contributed by atoms with van der Waals surface area (Å²) >= 11 is 8.17. The molecule has 3 aromatic rings. The molecule has 1 aromatic carbocycles. The third kappa shape index (κ3) is 4.02. The molecule has 0 radical (unpaired) electrons. The molecule has 0 unspecified atom stereocenters. The molecule has 0 bridgehead atoms. The Balaban J connectivity index is 1.33. The van der Waals surface area contributed by atoms with Gasteiger partial charge in [-0.3, -0.25) is 0 Å². The van der Waals surface area contributed by atoms with Crippen LogP contribution < -0.4 is 5.32 Å². The van der Waals surface area contributed by atoms with Crippen molar-refractivity contribution in [1.82, 2.24) is 19.9 Å². The normalized spacial score (nSPS) is 18.1. The summed E-state index contributed by atoms with van der Waals surface area (Å²) in [5.74, 6) is 1.18. The number of hydrogen-bond acceptors (Lipinski definition) is 6. The summed E-state index contributed by atoms with van der Waals surface area (Å²) in [6.45, 7) is 2.26. The van der Waals surface area contributed by atoms with E-state index in [9.17, 15) is 0 Å². The molecule has 1 saturated heterocycles. The van der Waals surface area contributed by atoms with Crippen molar-refractivity contribution in [2.75, 3.05) is 25.5 Å². The highest BCUT2D eigenvalue weighted by Crippen LogP contribution is 2.36. The number of likely N-dealkylation sites (tertiary alicyclic amines) is 1. The molecular formula is C22H24ClN5S. The molecule has 0 atom stereocenters. The summed E-state index contributed by atoms with van der Waals surface area (Å²) in [5.41, 5.74) is 3.59. The Kier molecular flexibility index (Phi) is 5.24. The van der Waals surface area contributed by atoms with Gasteiger partial charge in [0.25, 0.3) is 0 Å². The topological polar surface area (TPSA) is 53.9 Å². The van der Waals surface area contributed by atoms with Crippen LogP contribution in [0.3, 0.4) is 0 Å². The molecule has 2 aliphatic rings. The Hall–Kier alpha value is -2.02. The van der Waals surface area contributed by atoms with Gasteiger partial charge < -0.3 is 10.2 Å². The highest BCUT2D eigenvalue weighted by molar-refractivity contribution is 7.15. The number of benzene rings is 1. The van der Waals surface area contributed by atoms with Crippen molar-refractivity contribution in [3.8, 4) is 10.6 Å². The van der Waals surface area contributed by atoms with Crippen LogP contribution in [0.5, 0.6) is 0 Å². The molecule has 1 aliphatic carbocycles. The van der Waals surface area contributed by atoms with E-state index in [2.05, 4.69) is 46.5 Å². The Labute approximate surface area is 180 Å². The van der Waals surface area contributed by atoms with E-state index in [1.165, 1.54) is 16.1 Å². The fourth-order valence-corrected chi connectivity index (χ4v) is 5.63. The second-order valence-corrected chi connectivity index (χ2v) is 9.52. The van der Waals surface area contributed by atoms with E-state index in [-0.39, 0.29) is 0 Å². The Morgan fingerprint density at radius 2 is 1.79 bits per heavy atom. The van der Waals surface area contributed by atoms with Crippen molar-refractivity contribution in [1.29, 1.82) is 0 Å². The quantitative estimate of drug-likeness (QED) is 0.659. The minimum Gasteiger partial charge on any atom is -0.351 e. The zero-order valence-corrected chi connectivity index (χ0v) is 18.0. The van der Waals surface area contributed by atoms with Crippen LogP contribution in [-0.2, 0) is 12.8 Å². The van der Waals surface area contributed by atoms with Gasteiger partial charge >= 0.3 is 0 Å². The maximum Gasteiger partial charge on any atom is 0.223 e. The van der Waals surface area contributed by atoms with Crippen LogP contribution in [0.2, 0.25) is 5.02 Å². The van der Waals surface area contributed by atoms with Gasteiger partial charge in [-0.2, -0.15) is 0 Å². The third-order valence-corrected chi connectivity index (χ3v) is 7.40. The van der Waals surface area contributed by atoms with Crippen molar-refractivity contribution in [2.24, 2.45) is 0 Å². The van der Waals surface area contributed by atoms with Gasteiger partial charge in [0.2, 0.25) is 5.95 Å². The van der Waals surface area contributed by atoms with Crippen LogP contribution in [0.15, 0.2) is 36.7 Å². The first-order valence-corrected chi connectivity index (χ1v) is 11.4. The predicted molar refractivity (Wildman–Crippen MR) is 119 cm³/mol. The lowest BCUT2D eigenvalue weighted by atomic mass is 9.98. The van der Waals surface area contributed by atoms with Crippen molar-refractivity contribution in [2.45, 2.75) is 37.6 Å². The SMILES string of the molecule is CN1CCC(c2ncc(-c3nc(NC4Cc5ccccc5C4)ncc3Cl)s2)CC1. The molecule has 0 amide bonds. The van der Waals surface area contributed by atoms with Crippen LogP contribution in [0, 0.1) is 0 Å². The van der Waals surface area contributed by atoms with Crippen LogP contribution in [-0.4, -0.2) is 46.0 Å². The summed E-state index contributed by atoms with van der Waals surface area (Å²) < 4.78 is 0. The van der Waals surface area contributed by atoms with Crippen LogP contribution in [0.25, 0.3) is 10.6 Å². The molecule has 1 fully saturated rings. The van der Waals surface area contributed by atoms with E-state index in [4.69, 9.17) is 21.6 Å². The molecule has 0 spiro atoms. The molecule has 1 aliphatic heterocycles. The van der Waals surface area contributed by atoms with Crippen molar-refractivity contribution < 1.29 is 0 Å². The fraction of sp³-hybridized carbons (Fsp3) is 0.409. The van der Waals surface area contributed by atoms with E-state index >= 15 is 0 Å². The smallest absolute Gasteiger partial charge is 0.223 e. The van der Waals surface area contributed by atoms with Gasteiger partial charge in [0.15, 0.2) is 0 Å². The van der Waals surface area contributed by atoms with Crippen molar-refractivity contribution in [3.05, 3.63) is 57.8 Å². The summed E-state index contributed by atoms with van der Waals surface area (Å²) in [7, 11) is 2.18. The first-order valence-electron chi connectivity index (χ1n) is 10.2. The first kappa shape index (κ1) is 19.0. The van der Waals surface area contributed by atoms with E-state index in [1.54, 1.807) is 17.5 Å². The second kappa shape index (κ2) is 8.01. The molecule has 29 heavy (non-hydrogen) atoms. The van der Waals surface area contributed by atoms with Gasteiger partial charge in [0, 0.05) is 18.2 Å². The Morgan fingerprint density at radius 3 is 2.52 bits per heavy atom. The van der Waals surface area contributed by atoms with Gasteiger partial charge in [-0.1, -0.05) is 35.9 Å². The van der Waals surface area contributed by atoms with Gasteiger partial charge in [-0.15, -0.1) is 11.3 Å². The highest BCUT2D eigenvalue weighted by atomic mass is 35.5. The second-order valence-electron chi connectivity index (χ2n) is 8.05. The lowest BCUT2D eigenvalue weighted by Crippen LogP contribution is -2.29. The number of piperidine rings is 1. The highest BCUT2D eigenvalue weighted by Gasteiger charge is 2.24. The number of thiazole rings is 1. The van der Waals surface area contributed by atoms with E-state index in [0.717, 1.165) is 49.3 Å². The molecule has 2 aromatic heterocycles. The maximum absolute atomic E-state index is 6.45. The lowest BCUT2D eigenvalue weighted by molar-refractivity contribution is 0.255. The molecule has 3 heterocycles. The number of hydrogen-bond donors (Lipinski definition) is 1. The molecule has 5 rings (SSSR count). The van der Waals surface area contributed by atoms with Gasteiger partial charge in [0.1, 0.15) is 5.69 Å². The number of aromatic nitrogens is 3. The van der Waals surface area contributed by atoms with Crippen LogP contribution in [0.4, 0.5) is 5.95 Å².